The highest BCUT2D eigenvalue weighted by molar-refractivity contribution is 7.90. The standard InChI is InChI=1S/C30H41N3O5S2.ClH/c1-23(2)40(37,38)33-21-26(28(22-33)25-7-5-4-6-8-25)20-31-16-13-30(14-17-31)15-18-32(29(30)34)19-24-9-11-27(12-10-24)39(3,35)36;/h4-12,23,26,28H,13-22H2,1-3H3;1H/t26-,28?;/m0./s1. The minimum Gasteiger partial charge on any atom is -0.338 e. The monoisotopic (exact) mass is 623 g/mol. The maximum Gasteiger partial charge on any atom is 0.229 e. The molecule has 5 rings (SSSR count). The Kier molecular flexibility index (Phi) is 9.60. The number of piperidine rings is 1. The Labute approximate surface area is 251 Å². The third-order valence-electron chi connectivity index (χ3n) is 9.22. The Morgan fingerprint density at radius 3 is 2.07 bits per heavy atom. The minimum atomic E-state index is -3.32. The number of carbonyl (C=O) groups is 1. The van der Waals surface area contributed by atoms with Crippen LogP contribution in [0.3, 0.4) is 0 Å². The van der Waals surface area contributed by atoms with Crippen molar-refractivity contribution in [1.29, 1.82) is 0 Å². The molecule has 0 radical (unpaired) electrons. The molecule has 0 aromatic heterocycles. The van der Waals surface area contributed by atoms with E-state index in [4.69, 9.17) is 0 Å². The first-order valence-corrected chi connectivity index (χ1v) is 17.6. The number of sulfonamides is 1. The van der Waals surface area contributed by atoms with Crippen molar-refractivity contribution in [1.82, 2.24) is 14.1 Å². The molecule has 1 amide bonds. The van der Waals surface area contributed by atoms with Gasteiger partial charge in [-0.15, -0.1) is 12.4 Å². The molecule has 3 aliphatic heterocycles. The molecule has 0 bridgehead atoms. The number of carbonyl (C=O) groups excluding carboxylic acids is 1. The summed E-state index contributed by atoms with van der Waals surface area (Å²) in [5, 5.41) is -0.438. The number of hydrogen-bond donors (Lipinski definition) is 0. The molecule has 1 unspecified atom stereocenters. The van der Waals surface area contributed by atoms with Crippen LogP contribution in [-0.2, 0) is 31.2 Å². The lowest BCUT2D eigenvalue weighted by Crippen LogP contribution is -2.46. The van der Waals surface area contributed by atoms with Crippen molar-refractivity contribution in [2.75, 3.05) is 45.5 Å². The number of likely N-dealkylation sites (tertiary alicyclic amines) is 2. The lowest BCUT2D eigenvalue weighted by Gasteiger charge is -2.39. The van der Waals surface area contributed by atoms with Crippen molar-refractivity contribution in [2.45, 2.75) is 55.7 Å². The van der Waals surface area contributed by atoms with Gasteiger partial charge in [0.1, 0.15) is 0 Å². The highest BCUT2D eigenvalue weighted by Crippen LogP contribution is 2.43. The molecule has 1 spiro atoms. The van der Waals surface area contributed by atoms with E-state index in [1.54, 1.807) is 42.4 Å². The van der Waals surface area contributed by atoms with E-state index < -0.39 is 25.1 Å². The van der Waals surface area contributed by atoms with Gasteiger partial charge >= 0.3 is 0 Å². The summed E-state index contributed by atoms with van der Waals surface area (Å²) < 4.78 is 51.2. The molecule has 8 nitrogen and oxygen atoms in total. The Morgan fingerprint density at radius 1 is 0.878 bits per heavy atom. The molecule has 3 aliphatic rings. The van der Waals surface area contributed by atoms with Gasteiger partial charge in [0.25, 0.3) is 0 Å². The van der Waals surface area contributed by atoms with Gasteiger partial charge in [0.05, 0.1) is 15.6 Å². The van der Waals surface area contributed by atoms with Crippen molar-refractivity contribution >= 4 is 38.2 Å². The molecule has 0 aliphatic carbocycles. The number of sulfone groups is 1. The molecular formula is C30H42ClN3O5S2. The van der Waals surface area contributed by atoms with Crippen LogP contribution in [0.5, 0.6) is 0 Å². The van der Waals surface area contributed by atoms with E-state index in [0.717, 1.165) is 44.5 Å². The van der Waals surface area contributed by atoms with Gasteiger partial charge in [-0.05, 0) is 75.4 Å². The van der Waals surface area contributed by atoms with E-state index in [1.807, 2.05) is 23.1 Å². The van der Waals surface area contributed by atoms with Crippen LogP contribution in [0.15, 0.2) is 59.5 Å². The highest BCUT2D eigenvalue weighted by atomic mass is 35.5. The number of amides is 1. The summed E-state index contributed by atoms with van der Waals surface area (Å²) in [5.41, 5.74) is 1.79. The van der Waals surface area contributed by atoms with Crippen LogP contribution in [0.4, 0.5) is 0 Å². The zero-order chi connectivity index (χ0) is 28.7. The summed E-state index contributed by atoms with van der Waals surface area (Å²) in [4.78, 5) is 18.2. The van der Waals surface area contributed by atoms with Crippen LogP contribution < -0.4 is 0 Å². The first kappa shape index (κ1) is 31.9. The Bertz CT molecular complexity index is 1420. The first-order chi connectivity index (χ1) is 18.9. The van der Waals surface area contributed by atoms with Gasteiger partial charge in [-0.3, -0.25) is 4.79 Å². The minimum absolute atomic E-state index is 0. The quantitative estimate of drug-likeness (QED) is 0.444. The molecule has 41 heavy (non-hydrogen) atoms. The molecule has 0 N–H and O–H groups in total. The Hall–Kier alpha value is -1.98. The predicted molar refractivity (Wildman–Crippen MR) is 163 cm³/mol. The van der Waals surface area contributed by atoms with Gasteiger partial charge in [-0.2, -0.15) is 0 Å². The summed E-state index contributed by atoms with van der Waals surface area (Å²) in [6, 6.07) is 17.1. The molecular weight excluding hydrogens is 582 g/mol. The van der Waals surface area contributed by atoms with E-state index in [2.05, 4.69) is 17.0 Å². The third kappa shape index (κ3) is 6.67. The third-order valence-corrected chi connectivity index (χ3v) is 12.6. The maximum atomic E-state index is 13.6. The fourth-order valence-corrected chi connectivity index (χ4v) is 8.66. The molecule has 2 atom stereocenters. The maximum absolute atomic E-state index is 13.6. The van der Waals surface area contributed by atoms with E-state index in [-0.39, 0.29) is 40.5 Å². The normalized spacial score (nSPS) is 23.8. The summed E-state index contributed by atoms with van der Waals surface area (Å²) in [6.07, 6.45) is 3.66. The molecule has 3 heterocycles. The lowest BCUT2D eigenvalue weighted by atomic mass is 9.76. The number of rotatable bonds is 8. The van der Waals surface area contributed by atoms with Crippen LogP contribution in [0.2, 0.25) is 0 Å². The second kappa shape index (κ2) is 12.3. The summed E-state index contributed by atoms with van der Waals surface area (Å²) in [7, 11) is -6.57. The number of nitrogens with zero attached hydrogens (tertiary/aromatic N) is 3. The molecule has 2 aromatic carbocycles. The second-order valence-electron chi connectivity index (χ2n) is 12.2. The average Bonchev–Trinajstić information content (AvgIpc) is 3.48. The van der Waals surface area contributed by atoms with Crippen molar-refractivity contribution < 1.29 is 21.6 Å². The second-order valence-corrected chi connectivity index (χ2v) is 16.7. The highest BCUT2D eigenvalue weighted by Gasteiger charge is 2.49. The van der Waals surface area contributed by atoms with Crippen LogP contribution in [-0.4, -0.2) is 87.6 Å². The van der Waals surface area contributed by atoms with Crippen LogP contribution >= 0.6 is 12.4 Å². The van der Waals surface area contributed by atoms with Crippen molar-refractivity contribution in [3.05, 3.63) is 65.7 Å². The van der Waals surface area contributed by atoms with Gasteiger partial charge < -0.3 is 9.80 Å². The van der Waals surface area contributed by atoms with E-state index in [9.17, 15) is 21.6 Å². The first-order valence-electron chi connectivity index (χ1n) is 14.2. The summed E-state index contributed by atoms with van der Waals surface area (Å²) >= 11 is 0. The molecule has 0 saturated carbocycles. The average molecular weight is 624 g/mol. The van der Waals surface area contributed by atoms with E-state index in [1.165, 1.54) is 11.8 Å². The van der Waals surface area contributed by atoms with Crippen molar-refractivity contribution in [3.8, 4) is 0 Å². The van der Waals surface area contributed by atoms with Crippen molar-refractivity contribution in [3.63, 3.8) is 0 Å². The number of benzene rings is 2. The summed E-state index contributed by atoms with van der Waals surface area (Å²) in [6.45, 7) is 8.24. The zero-order valence-corrected chi connectivity index (χ0v) is 26.6. The van der Waals surface area contributed by atoms with Gasteiger partial charge in [0, 0.05) is 44.9 Å². The predicted octanol–water partition coefficient (Wildman–Crippen LogP) is 3.78. The summed E-state index contributed by atoms with van der Waals surface area (Å²) in [5.74, 6) is 0.565. The van der Waals surface area contributed by atoms with Gasteiger partial charge in [0.15, 0.2) is 9.84 Å². The van der Waals surface area contributed by atoms with Crippen LogP contribution in [0, 0.1) is 11.3 Å². The topological polar surface area (TPSA) is 95.1 Å². The zero-order valence-electron chi connectivity index (χ0n) is 24.1. The number of halogens is 1. The van der Waals surface area contributed by atoms with Crippen LogP contribution in [0.25, 0.3) is 0 Å². The van der Waals surface area contributed by atoms with Gasteiger partial charge in [0.2, 0.25) is 15.9 Å². The smallest absolute Gasteiger partial charge is 0.229 e. The fourth-order valence-electron chi connectivity index (χ4n) is 6.67. The van der Waals surface area contributed by atoms with E-state index in [0.29, 0.717) is 26.2 Å². The van der Waals surface area contributed by atoms with E-state index >= 15 is 0 Å². The molecule has 226 valence electrons. The lowest BCUT2D eigenvalue weighted by molar-refractivity contribution is -0.139. The SMILES string of the molecule is CC(C)S(=O)(=O)N1CC(c2ccccc2)[C@@H](CN2CCC3(CC2)CCN(Cc2ccc(S(C)(=O)=O)cc2)C3=O)C1.Cl. The van der Waals surface area contributed by atoms with Crippen LogP contribution in [0.1, 0.15) is 50.2 Å². The molecule has 3 fully saturated rings. The number of hydrogen-bond acceptors (Lipinski definition) is 6. The largest absolute Gasteiger partial charge is 0.338 e. The Balaban J connectivity index is 0.00000387. The Morgan fingerprint density at radius 2 is 1.49 bits per heavy atom. The molecule has 2 aromatic rings. The van der Waals surface area contributed by atoms with Gasteiger partial charge in [-0.25, -0.2) is 21.1 Å². The molecule has 3 saturated heterocycles. The van der Waals surface area contributed by atoms with Gasteiger partial charge in [-0.1, -0.05) is 42.5 Å². The van der Waals surface area contributed by atoms with Crippen molar-refractivity contribution in [2.24, 2.45) is 11.3 Å². The molecule has 11 heteroatoms. The fraction of sp³-hybridized carbons (Fsp3) is 0.567.